The Morgan fingerprint density at radius 2 is 1.68 bits per heavy atom. The van der Waals surface area contributed by atoms with Crippen molar-refractivity contribution in [3.8, 4) is 0 Å². The van der Waals surface area contributed by atoms with Gasteiger partial charge < -0.3 is 0 Å². The van der Waals surface area contributed by atoms with Crippen LogP contribution in [0.3, 0.4) is 0 Å². The molecule has 0 unspecified atom stereocenters. The van der Waals surface area contributed by atoms with Crippen LogP contribution in [-0.2, 0) is 20.0 Å². The number of aromatic nitrogens is 3. The molecule has 0 fully saturated rings. The van der Waals surface area contributed by atoms with Crippen molar-refractivity contribution in [2.24, 2.45) is 12.1 Å². The number of anilines is 1. The molecule has 0 bridgehead atoms. The highest BCUT2D eigenvalue weighted by Gasteiger charge is 2.32. The number of hydrazone groups is 1. The second kappa shape index (κ2) is 9.31. The zero-order chi connectivity index (χ0) is 23.7. The fourth-order valence-electron chi connectivity index (χ4n) is 4.29. The highest BCUT2D eigenvalue weighted by Crippen LogP contribution is 2.31. The van der Waals surface area contributed by atoms with Crippen LogP contribution < -0.4 is 10.7 Å². The molecule has 1 aromatic heterocycles. The van der Waals surface area contributed by atoms with Crippen LogP contribution in [0.25, 0.3) is 0 Å². The Labute approximate surface area is 203 Å². The second-order valence-electron chi connectivity index (χ2n) is 8.64. The molecule has 0 amide bonds. The second-order valence-corrected chi connectivity index (χ2v) is 9.07. The van der Waals surface area contributed by atoms with Crippen LogP contribution in [0.15, 0.2) is 88.8 Å². The largest absolute Gasteiger partial charge is 0.347 e. The zero-order valence-corrected chi connectivity index (χ0v) is 20.0. The van der Waals surface area contributed by atoms with Gasteiger partial charge >= 0.3 is 5.69 Å². The van der Waals surface area contributed by atoms with Crippen LogP contribution in [0, 0.1) is 6.92 Å². The Kier molecular flexibility index (Phi) is 6.07. The molecule has 1 aliphatic rings. The van der Waals surface area contributed by atoms with Crippen LogP contribution in [0.5, 0.6) is 0 Å². The van der Waals surface area contributed by atoms with Crippen molar-refractivity contribution in [1.82, 2.24) is 14.3 Å². The van der Waals surface area contributed by atoms with Gasteiger partial charge in [-0.05, 0) is 42.2 Å². The average molecular weight is 472 g/mol. The lowest BCUT2D eigenvalue weighted by molar-refractivity contribution is 0.584. The summed E-state index contributed by atoms with van der Waals surface area (Å²) in [6.07, 6.45) is 0.739. The summed E-state index contributed by atoms with van der Waals surface area (Å²) < 4.78 is 3.11. The lowest BCUT2D eigenvalue weighted by Gasteiger charge is -2.15. The molecule has 0 saturated heterocycles. The van der Waals surface area contributed by atoms with E-state index in [2.05, 4.69) is 48.4 Å². The Morgan fingerprint density at radius 3 is 2.38 bits per heavy atom. The minimum Gasteiger partial charge on any atom is -0.263 e. The quantitative estimate of drug-likeness (QED) is 0.406. The Bertz CT molecular complexity index is 1370. The van der Waals surface area contributed by atoms with E-state index in [1.165, 1.54) is 21.4 Å². The number of halogens is 1. The number of hydrogen-bond acceptors (Lipinski definition) is 4. The summed E-state index contributed by atoms with van der Waals surface area (Å²) in [4.78, 5) is 12.9. The Balaban J connectivity index is 1.45. The molecular weight excluding hydrogens is 446 g/mol. The molecule has 0 N–H and O–H groups in total. The SMILES string of the molecule is Cc1ccc(CCn2nc(N3C[C@@H](c4ccccc4)C(c4ccc(Cl)cc4)=N3)n(C)c2=O)cc1. The van der Waals surface area contributed by atoms with Gasteiger partial charge in [-0.3, -0.25) is 4.57 Å². The molecule has 0 spiro atoms. The van der Waals surface area contributed by atoms with Crippen molar-refractivity contribution < 1.29 is 0 Å². The number of nitrogens with zero attached hydrogens (tertiary/aromatic N) is 5. The Morgan fingerprint density at radius 1 is 0.971 bits per heavy atom. The molecule has 3 aromatic carbocycles. The van der Waals surface area contributed by atoms with Crippen molar-refractivity contribution in [3.05, 3.63) is 117 Å². The van der Waals surface area contributed by atoms with Crippen LogP contribution in [0.1, 0.15) is 28.2 Å². The van der Waals surface area contributed by atoms with Gasteiger partial charge in [0.15, 0.2) is 0 Å². The van der Waals surface area contributed by atoms with Gasteiger partial charge in [0.25, 0.3) is 0 Å². The van der Waals surface area contributed by atoms with Crippen molar-refractivity contribution in [3.63, 3.8) is 0 Å². The first kappa shape index (κ1) is 22.2. The van der Waals surface area contributed by atoms with Crippen molar-refractivity contribution in [1.29, 1.82) is 0 Å². The highest BCUT2D eigenvalue weighted by molar-refractivity contribution is 6.30. The van der Waals surface area contributed by atoms with E-state index in [1.807, 2.05) is 47.5 Å². The minimum absolute atomic E-state index is 0.0511. The number of aryl methyl sites for hydroxylation is 3. The van der Waals surface area contributed by atoms with Crippen LogP contribution >= 0.6 is 11.6 Å². The standard InChI is InChI=1S/C27H26ClN5O/c1-19-8-10-20(11-9-19)16-17-32-27(34)31(2)26(30-32)33-18-24(21-6-4-3-5-7-21)25(29-33)22-12-14-23(28)15-13-22/h3-15,24H,16-18H2,1-2H3/t24-/m0/s1. The topological polar surface area (TPSA) is 55.4 Å². The molecule has 7 heteroatoms. The molecule has 34 heavy (non-hydrogen) atoms. The third-order valence-corrected chi connectivity index (χ3v) is 6.49. The van der Waals surface area contributed by atoms with Gasteiger partial charge in [0, 0.05) is 18.0 Å². The first-order valence-corrected chi connectivity index (χ1v) is 11.7. The maximum Gasteiger partial charge on any atom is 0.347 e. The molecule has 2 heterocycles. The summed E-state index contributed by atoms with van der Waals surface area (Å²) in [6, 6.07) is 26.4. The summed E-state index contributed by atoms with van der Waals surface area (Å²) in [7, 11) is 1.75. The number of hydrogen-bond donors (Lipinski definition) is 0. The predicted molar refractivity (Wildman–Crippen MR) is 137 cm³/mol. The van der Waals surface area contributed by atoms with Crippen LogP contribution in [0.2, 0.25) is 5.02 Å². The normalized spacial score (nSPS) is 15.6. The van der Waals surface area contributed by atoms with Crippen molar-refractivity contribution in [2.45, 2.75) is 25.8 Å². The van der Waals surface area contributed by atoms with Gasteiger partial charge in [-0.2, -0.15) is 5.10 Å². The minimum atomic E-state index is -0.145. The van der Waals surface area contributed by atoms with Crippen molar-refractivity contribution in [2.75, 3.05) is 11.6 Å². The van der Waals surface area contributed by atoms with Gasteiger partial charge in [0.2, 0.25) is 5.95 Å². The Hall–Kier alpha value is -3.64. The van der Waals surface area contributed by atoms with Gasteiger partial charge in [-0.25, -0.2) is 14.5 Å². The van der Waals surface area contributed by atoms with E-state index < -0.39 is 0 Å². The maximum absolute atomic E-state index is 12.9. The molecule has 172 valence electrons. The van der Waals surface area contributed by atoms with E-state index in [-0.39, 0.29) is 11.6 Å². The third kappa shape index (κ3) is 4.41. The van der Waals surface area contributed by atoms with Gasteiger partial charge in [-0.15, -0.1) is 5.10 Å². The smallest absolute Gasteiger partial charge is 0.263 e. The van der Waals surface area contributed by atoms with E-state index in [1.54, 1.807) is 11.6 Å². The maximum atomic E-state index is 12.9. The fraction of sp³-hybridized carbons (Fsp3) is 0.222. The van der Waals surface area contributed by atoms with Crippen LogP contribution in [0.4, 0.5) is 5.95 Å². The fourth-order valence-corrected chi connectivity index (χ4v) is 4.42. The third-order valence-electron chi connectivity index (χ3n) is 6.24. The lowest BCUT2D eigenvalue weighted by Crippen LogP contribution is -2.25. The van der Waals surface area contributed by atoms with E-state index in [4.69, 9.17) is 16.7 Å². The molecule has 0 aliphatic carbocycles. The predicted octanol–water partition coefficient (Wildman–Crippen LogP) is 4.79. The molecule has 4 aromatic rings. The molecule has 0 radical (unpaired) electrons. The van der Waals surface area contributed by atoms with E-state index in [0.717, 1.165) is 17.7 Å². The molecular formula is C27H26ClN5O. The van der Waals surface area contributed by atoms with Gasteiger partial charge in [-0.1, -0.05) is 83.9 Å². The molecule has 1 aliphatic heterocycles. The average Bonchev–Trinajstić information content (AvgIpc) is 3.42. The first-order valence-electron chi connectivity index (χ1n) is 11.4. The van der Waals surface area contributed by atoms with Crippen molar-refractivity contribution >= 4 is 23.3 Å². The van der Waals surface area contributed by atoms with E-state index in [0.29, 0.717) is 24.1 Å². The van der Waals surface area contributed by atoms with Crippen LogP contribution in [-0.4, -0.2) is 26.6 Å². The van der Waals surface area contributed by atoms with E-state index in [9.17, 15) is 4.79 Å². The lowest BCUT2D eigenvalue weighted by atomic mass is 9.91. The van der Waals surface area contributed by atoms with Gasteiger partial charge in [0.05, 0.1) is 18.8 Å². The molecule has 1 atom stereocenters. The summed E-state index contributed by atoms with van der Waals surface area (Å²) in [5.41, 5.74) is 5.36. The zero-order valence-electron chi connectivity index (χ0n) is 19.2. The summed E-state index contributed by atoms with van der Waals surface area (Å²) >= 11 is 6.12. The molecule has 6 nitrogen and oxygen atoms in total. The number of benzene rings is 3. The number of rotatable bonds is 6. The molecule has 5 rings (SSSR count). The summed E-state index contributed by atoms with van der Waals surface area (Å²) in [5, 5.41) is 12.1. The molecule has 0 saturated carbocycles. The first-order chi connectivity index (χ1) is 16.5. The van der Waals surface area contributed by atoms with E-state index >= 15 is 0 Å². The van der Waals surface area contributed by atoms with Gasteiger partial charge in [0.1, 0.15) is 0 Å². The monoisotopic (exact) mass is 471 g/mol. The summed E-state index contributed by atoms with van der Waals surface area (Å²) in [6.45, 7) is 3.18. The summed E-state index contributed by atoms with van der Waals surface area (Å²) in [5.74, 6) is 0.592. The highest BCUT2D eigenvalue weighted by atomic mass is 35.5.